The van der Waals surface area contributed by atoms with Crippen LogP contribution < -0.4 is 10.2 Å². The van der Waals surface area contributed by atoms with E-state index in [4.69, 9.17) is 9.47 Å². The zero-order valence-electron chi connectivity index (χ0n) is 19.5. The Bertz CT molecular complexity index is 1230. The average Bonchev–Trinajstić information content (AvgIpc) is 3.39. The number of nitrogens with zero attached hydrogens (tertiary/aromatic N) is 2. The molecule has 2 N–H and O–H groups in total. The monoisotopic (exact) mass is 495 g/mol. The van der Waals surface area contributed by atoms with E-state index in [0.717, 1.165) is 33.8 Å². The third kappa shape index (κ3) is 4.75. The number of ether oxygens (including phenoxy) is 2. The molecule has 1 atom stereocenters. The number of aromatic nitrogens is 1. The number of amides is 2. The van der Waals surface area contributed by atoms with Gasteiger partial charge >= 0.3 is 12.1 Å². The topological polar surface area (TPSA) is 118 Å². The summed E-state index contributed by atoms with van der Waals surface area (Å²) in [5, 5.41) is 12.2. The maximum absolute atomic E-state index is 13.1. The molecule has 0 bridgehead atoms. The summed E-state index contributed by atoms with van der Waals surface area (Å²) in [5.74, 6) is -1.85. The van der Waals surface area contributed by atoms with Gasteiger partial charge in [-0.05, 0) is 40.7 Å². The second kappa shape index (κ2) is 10.2. The van der Waals surface area contributed by atoms with Crippen molar-refractivity contribution in [1.29, 1.82) is 0 Å². The van der Waals surface area contributed by atoms with Crippen LogP contribution in [0.5, 0.6) is 0 Å². The lowest BCUT2D eigenvalue weighted by Crippen LogP contribution is -2.50. The highest BCUT2D eigenvalue weighted by molar-refractivity contribution is 7.11. The summed E-state index contributed by atoms with van der Waals surface area (Å²) in [6.45, 7) is 1.54. The van der Waals surface area contributed by atoms with Crippen molar-refractivity contribution in [3.8, 4) is 11.1 Å². The summed E-state index contributed by atoms with van der Waals surface area (Å²) in [7, 11) is 2.84. The van der Waals surface area contributed by atoms with Crippen molar-refractivity contribution in [2.45, 2.75) is 18.9 Å². The van der Waals surface area contributed by atoms with E-state index in [0.29, 0.717) is 5.69 Å². The molecule has 2 amide bonds. The first-order valence-electron chi connectivity index (χ1n) is 10.9. The molecule has 9 nitrogen and oxygen atoms in total. The van der Waals surface area contributed by atoms with E-state index in [1.54, 1.807) is 6.92 Å². The molecule has 2 aromatic carbocycles. The van der Waals surface area contributed by atoms with Gasteiger partial charge in [0.05, 0.1) is 12.3 Å². The van der Waals surface area contributed by atoms with Crippen LogP contribution in [0.4, 0.5) is 9.80 Å². The maximum atomic E-state index is 13.1. The third-order valence-corrected chi connectivity index (χ3v) is 6.98. The molecule has 35 heavy (non-hydrogen) atoms. The summed E-state index contributed by atoms with van der Waals surface area (Å²) in [4.78, 5) is 38.6. The van der Waals surface area contributed by atoms with E-state index in [2.05, 4.69) is 9.69 Å². The van der Waals surface area contributed by atoms with Crippen molar-refractivity contribution < 1.29 is 29.0 Å². The zero-order valence-corrected chi connectivity index (χ0v) is 20.3. The lowest BCUT2D eigenvalue weighted by atomic mass is 9.98. The first-order valence-corrected chi connectivity index (χ1v) is 11.7. The second-order valence-electron chi connectivity index (χ2n) is 8.13. The normalized spacial score (nSPS) is 13.0. The molecule has 1 aliphatic rings. The van der Waals surface area contributed by atoms with Crippen LogP contribution in [0.3, 0.4) is 0 Å². The summed E-state index contributed by atoms with van der Waals surface area (Å²) in [6, 6.07) is 14.9. The smallest absolute Gasteiger partial charge is 0.407 e. The fraction of sp³-hybridized carbons (Fsp3) is 0.280. The van der Waals surface area contributed by atoms with Crippen molar-refractivity contribution in [2.75, 3.05) is 32.3 Å². The number of methoxy groups -OCH3 is 1. The SMILES string of the molecule is COCC(NC(=O)OCC1c2ccccc2-c2ccccc21)C(=O)N(C)c1snc(C)c1C(=O)O. The van der Waals surface area contributed by atoms with Crippen LogP contribution in [-0.2, 0) is 14.3 Å². The van der Waals surface area contributed by atoms with Gasteiger partial charge in [0.15, 0.2) is 0 Å². The minimum Gasteiger partial charge on any atom is -0.478 e. The number of carboxylic acids is 1. The highest BCUT2D eigenvalue weighted by atomic mass is 32.1. The summed E-state index contributed by atoms with van der Waals surface area (Å²) >= 11 is 0.899. The zero-order chi connectivity index (χ0) is 25.1. The van der Waals surface area contributed by atoms with E-state index in [-0.39, 0.29) is 29.7 Å². The largest absolute Gasteiger partial charge is 0.478 e. The number of nitrogens with one attached hydrogen (secondary N) is 1. The van der Waals surface area contributed by atoms with Gasteiger partial charge < -0.3 is 24.8 Å². The van der Waals surface area contributed by atoms with Crippen molar-refractivity contribution in [3.05, 3.63) is 70.9 Å². The quantitative estimate of drug-likeness (QED) is 0.490. The number of carbonyl (C=O) groups excluding carboxylic acids is 2. The van der Waals surface area contributed by atoms with E-state index in [9.17, 15) is 19.5 Å². The van der Waals surface area contributed by atoms with Crippen LogP contribution in [-0.4, -0.2) is 60.9 Å². The summed E-state index contributed by atoms with van der Waals surface area (Å²) in [6.07, 6.45) is -0.769. The van der Waals surface area contributed by atoms with E-state index in [1.165, 1.54) is 19.1 Å². The third-order valence-electron chi connectivity index (χ3n) is 5.96. The molecule has 10 heteroatoms. The Labute approximate surface area is 206 Å². The molecule has 0 spiro atoms. The molecular weight excluding hydrogens is 470 g/mol. The predicted molar refractivity (Wildman–Crippen MR) is 131 cm³/mol. The number of carboxylic acid groups (broad SMARTS) is 1. The Hall–Kier alpha value is -3.76. The van der Waals surface area contributed by atoms with Crippen molar-refractivity contribution in [3.63, 3.8) is 0 Å². The highest BCUT2D eigenvalue weighted by Gasteiger charge is 2.32. The highest BCUT2D eigenvalue weighted by Crippen LogP contribution is 2.44. The summed E-state index contributed by atoms with van der Waals surface area (Å²) in [5.41, 5.74) is 4.63. The molecule has 1 aromatic heterocycles. The van der Waals surface area contributed by atoms with E-state index < -0.39 is 24.0 Å². The maximum Gasteiger partial charge on any atom is 0.407 e. The predicted octanol–water partition coefficient (Wildman–Crippen LogP) is 3.67. The van der Waals surface area contributed by atoms with E-state index >= 15 is 0 Å². The molecule has 0 aliphatic heterocycles. The molecule has 0 radical (unpaired) electrons. The van der Waals surface area contributed by atoms with Gasteiger partial charge in [0.1, 0.15) is 23.2 Å². The second-order valence-corrected chi connectivity index (χ2v) is 8.88. The van der Waals surface area contributed by atoms with E-state index in [1.807, 2.05) is 48.5 Å². The lowest BCUT2D eigenvalue weighted by molar-refractivity contribution is -0.121. The number of aromatic carboxylic acids is 1. The minimum atomic E-state index is -1.18. The number of rotatable bonds is 8. The van der Waals surface area contributed by atoms with Gasteiger partial charge in [-0.3, -0.25) is 4.79 Å². The van der Waals surface area contributed by atoms with Crippen LogP contribution in [0, 0.1) is 6.92 Å². The van der Waals surface area contributed by atoms with Gasteiger partial charge in [-0.15, -0.1) is 0 Å². The molecule has 3 aromatic rings. The number of alkyl carbamates (subject to hydrolysis) is 1. The number of carbonyl (C=O) groups is 3. The van der Waals surface area contributed by atoms with Crippen LogP contribution in [0.2, 0.25) is 0 Å². The molecule has 1 unspecified atom stereocenters. The molecule has 1 heterocycles. The van der Waals surface area contributed by atoms with Crippen molar-refractivity contribution in [1.82, 2.24) is 9.69 Å². The standard InChI is InChI=1S/C25H25N3O6S/c1-14-21(24(30)31)23(35-27-14)28(2)22(29)20(13-33-3)26-25(32)34-12-19-17-10-6-4-8-15(17)16-9-5-7-11-18(16)19/h4-11,19-20H,12-13H2,1-3H3,(H,26,32)(H,30,31). The molecule has 182 valence electrons. The first-order chi connectivity index (χ1) is 16.8. The number of fused-ring (bicyclic) bond motifs is 3. The van der Waals surface area contributed by atoms with Crippen LogP contribution in [0.15, 0.2) is 48.5 Å². The minimum absolute atomic E-state index is 0.0526. The number of benzene rings is 2. The number of hydrogen-bond donors (Lipinski definition) is 2. The fourth-order valence-electron chi connectivity index (χ4n) is 4.29. The number of anilines is 1. The van der Waals surface area contributed by atoms with Crippen molar-refractivity contribution in [2.24, 2.45) is 0 Å². The Morgan fingerprint density at radius 1 is 1.11 bits per heavy atom. The lowest BCUT2D eigenvalue weighted by Gasteiger charge is -2.23. The van der Waals surface area contributed by atoms with Gasteiger partial charge in [-0.1, -0.05) is 48.5 Å². The number of likely N-dealkylation sites (N-methyl/N-ethyl adjacent to an activating group) is 1. The Balaban J connectivity index is 1.45. The van der Waals surface area contributed by atoms with Crippen LogP contribution in [0.25, 0.3) is 11.1 Å². The summed E-state index contributed by atoms with van der Waals surface area (Å²) < 4.78 is 14.7. The average molecular weight is 496 g/mol. The Morgan fingerprint density at radius 2 is 1.71 bits per heavy atom. The van der Waals surface area contributed by atoms with Gasteiger partial charge in [-0.25, -0.2) is 9.59 Å². The fourth-order valence-corrected chi connectivity index (χ4v) is 5.14. The van der Waals surface area contributed by atoms with Crippen LogP contribution >= 0.6 is 11.5 Å². The molecule has 4 rings (SSSR count). The molecule has 0 fully saturated rings. The van der Waals surface area contributed by atoms with Gasteiger partial charge in [0.25, 0.3) is 5.91 Å². The first kappa shape index (κ1) is 24.4. The molecule has 0 saturated heterocycles. The number of hydrogen-bond acceptors (Lipinski definition) is 7. The van der Waals surface area contributed by atoms with Gasteiger partial charge in [0.2, 0.25) is 0 Å². The molecule has 1 aliphatic carbocycles. The van der Waals surface area contributed by atoms with Gasteiger partial charge in [-0.2, -0.15) is 4.37 Å². The Kier molecular flexibility index (Phi) is 7.13. The van der Waals surface area contributed by atoms with Gasteiger partial charge in [0, 0.05) is 20.1 Å². The number of aryl methyl sites for hydroxylation is 1. The Morgan fingerprint density at radius 3 is 2.29 bits per heavy atom. The molecule has 0 saturated carbocycles. The van der Waals surface area contributed by atoms with Crippen molar-refractivity contribution >= 4 is 34.5 Å². The van der Waals surface area contributed by atoms with Crippen LogP contribution in [0.1, 0.15) is 33.1 Å². The molecular formula is C25H25N3O6S.